The van der Waals surface area contributed by atoms with Crippen LogP contribution in [0.3, 0.4) is 0 Å². The molecule has 1 rings (SSSR count). The Labute approximate surface area is 111 Å². The quantitative estimate of drug-likeness (QED) is 0.779. The maximum absolute atomic E-state index is 12.0. The van der Waals surface area contributed by atoms with Crippen molar-refractivity contribution >= 4 is 6.09 Å². The van der Waals surface area contributed by atoms with E-state index in [9.17, 15) is 4.79 Å². The smallest absolute Gasteiger partial charge is 0.410 e. The number of carbonyl (C=O) groups is 1. The van der Waals surface area contributed by atoms with E-state index >= 15 is 0 Å². The number of hydrogen-bond acceptors (Lipinski definition) is 3. The first kappa shape index (κ1) is 15.3. The molecule has 1 heterocycles. The van der Waals surface area contributed by atoms with Crippen LogP contribution in [-0.2, 0) is 9.47 Å². The van der Waals surface area contributed by atoms with Crippen molar-refractivity contribution in [1.29, 1.82) is 0 Å². The maximum Gasteiger partial charge on any atom is 0.410 e. The maximum atomic E-state index is 12.0. The molecule has 1 unspecified atom stereocenters. The van der Waals surface area contributed by atoms with Gasteiger partial charge in [-0.05, 0) is 47.0 Å². The average molecular weight is 257 g/mol. The second-order valence-electron chi connectivity index (χ2n) is 6.30. The lowest BCUT2D eigenvalue weighted by molar-refractivity contribution is -0.0795. The second kappa shape index (κ2) is 5.91. The van der Waals surface area contributed by atoms with Gasteiger partial charge in [-0.3, -0.25) is 0 Å². The Balaban J connectivity index is 2.55. The van der Waals surface area contributed by atoms with Crippen molar-refractivity contribution in [3.05, 3.63) is 0 Å². The Hall–Kier alpha value is -0.770. The van der Waals surface area contributed by atoms with Gasteiger partial charge in [0.25, 0.3) is 0 Å². The normalized spacial score (nSPS) is 25.1. The van der Waals surface area contributed by atoms with Crippen LogP contribution in [0.25, 0.3) is 0 Å². The van der Waals surface area contributed by atoms with E-state index in [0.29, 0.717) is 6.54 Å². The van der Waals surface area contributed by atoms with E-state index in [0.717, 1.165) is 32.4 Å². The molecule has 1 amide bonds. The number of amides is 1. The molecular formula is C14H27NO3. The lowest BCUT2D eigenvalue weighted by Crippen LogP contribution is -2.51. The van der Waals surface area contributed by atoms with Crippen molar-refractivity contribution in [3.63, 3.8) is 0 Å². The Kier molecular flexibility index (Phi) is 5.02. The van der Waals surface area contributed by atoms with Crippen LogP contribution < -0.4 is 0 Å². The van der Waals surface area contributed by atoms with Gasteiger partial charge >= 0.3 is 6.09 Å². The van der Waals surface area contributed by atoms with Gasteiger partial charge in [0.2, 0.25) is 0 Å². The van der Waals surface area contributed by atoms with Crippen molar-refractivity contribution in [1.82, 2.24) is 4.90 Å². The zero-order valence-electron chi connectivity index (χ0n) is 12.4. The molecule has 4 nitrogen and oxygen atoms in total. The molecule has 0 bridgehead atoms. The number of piperidine rings is 1. The largest absolute Gasteiger partial charge is 0.444 e. The van der Waals surface area contributed by atoms with Crippen LogP contribution in [0.5, 0.6) is 0 Å². The van der Waals surface area contributed by atoms with Gasteiger partial charge in [0.1, 0.15) is 5.60 Å². The number of hydrogen-bond donors (Lipinski definition) is 0. The molecule has 1 atom stereocenters. The lowest BCUT2D eigenvalue weighted by atomic mass is 9.95. The minimum atomic E-state index is -0.435. The standard InChI is InChI=1S/C14H27NO3/c1-6-10-17-14(5)8-7-9-15(11-14)12(16)18-13(2,3)4/h6-11H2,1-5H3. The van der Waals surface area contributed by atoms with Gasteiger partial charge in [-0.2, -0.15) is 0 Å². The number of likely N-dealkylation sites (tertiary alicyclic amines) is 1. The molecule has 0 radical (unpaired) electrons. The third-order valence-corrected chi connectivity index (χ3v) is 2.97. The van der Waals surface area contributed by atoms with Crippen LogP contribution in [0, 0.1) is 0 Å². The minimum absolute atomic E-state index is 0.217. The van der Waals surface area contributed by atoms with Crippen LogP contribution in [0.1, 0.15) is 53.9 Å². The highest BCUT2D eigenvalue weighted by atomic mass is 16.6. The third kappa shape index (κ3) is 4.84. The van der Waals surface area contributed by atoms with Crippen molar-refractivity contribution in [3.8, 4) is 0 Å². The monoisotopic (exact) mass is 257 g/mol. The summed E-state index contributed by atoms with van der Waals surface area (Å²) in [7, 11) is 0. The summed E-state index contributed by atoms with van der Waals surface area (Å²) < 4.78 is 11.3. The summed E-state index contributed by atoms with van der Waals surface area (Å²) in [6, 6.07) is 0. The molecule has 0 aromatic rings. The van der Waals surface area contributed by atoms with Crippen molar-refractivity contribution in [2.24, 2.45) is 0 Å². The summed E-state index contributed by atoms with van der Waals surface area (Å²) in [6.45, 7) is 12.0. The molecule has 4 heteroatoms. The highest BCUT2D eigenvalue weighted by molar-refractivity contribution is 5.68. The zero-order valence-corrected chi connectivity index (χ0v) is 12.4. The second-order valence-corrected chi connectivity index (χ2v) is 6.30. The van der Waals surface area contributed by atoms with Gasteiger partial charge in [0, 0.05) is 13.2 Å². The van der Waals surface area contributed by atoms with E-state index in [-0.39, 0.29) is 11.7 Å². The first-order valence-electron chi connectivity index (χ1n) is 6.88. The van der Waals surface area contributed by atoms with E-state index in [1.54, 1.807) is 4.90 Å². The molecule has 1 aliphatic heterocycles. The summed E-state index contributed by atoms with van der Waals surface area (Å²) in [5.41, 5.74) is -0.652. The zero-order chi connectivity index (χ0) is 13.8. The van der Waals surface area contributed by atoms with E-state index in [4.69, 9.17) is 9.47 Å². The summed E-state index contributed by atoms with van der Waals surface area (Å²) in [4.78, 5) is 13.8. The molecular weight excluding hydrogens is 230 g/mol. The Morgan fingerprint density at radius 3 is 2.61 bits per heavy atom. The molecule has 1 aliphatic rings. The molecule has 0 spiro atoms. The summed E-state index contributed by atoms with van der Waals surface area (Å²) in [6.07, 6.45) is 2.75. The molecule has 1 fully saturated rings. The van der Waals surface area contributed by atoms with E-state index in [2.05, 4.69) is 13.8 Å². The van der Waals surface area contributed by atoms with Crippen molar-refractivity contribution in [2.45, 2.75) is 65.1 Å². The van der Waals surface area contributed by atoms with Crippen LogP contribution in [0.15, 0.2) is 0 Å². The van der Waals surface area contributed by atoms with Crippen LogP contribution in [-0.4, -0.2) is 41.9 Å². The predicted molar refractivity (Wildman–Crippen MR) is 71.7 cm³/mol. The predicted octanol–water partition coefficient (Wildman–Crippen LogP) is 3.20. The van der Waals surface area contributed by atoms with Gasteiger partial charge in [0.15, 0.2) is 0 Å². The summed E-state index contributed by atoms with van der Waals surface area (Å²) in [5, 5.41) is 0. The van der Waals surface area contributed by atoms with Gasteiger partial charge in [-0.1, -0.05) is 6.92 Å². The molecule has 0 aliphatic carbocycles. The fourth-order valence-electron chi connectivity index (χ4n) is 2.15. The highest BCUT2D eigenvalue weighted by Gasteiger charge is 2.35. The molecule has 18 heavy (non-hydrogen) atoms. The van der Waals surface area contributed by atoms with E-state index in [1.807, 2.05) is 20.8 Å². The molecule has 0 aromatic heterocycles. The Bertz CT molecular complexity index is 285. The SMILES string of the molecule is CCCOC1(C)CCCN(C(=O)OC(C)(C)C)C1. The molecule has 0 saturated carbocycles. The Morgan fingerprint density at radius 2 is 2.06 bits per heavy atom. The summed E-state index contributed by atoms with van der Waals surface area (Å²) in [5.74, 6) is 0. The first-order valence-corrected chi connectivity index (χ1v) is 6.88. The highest BCUT2D eigenvalue weighted by Crippen LogP contribution is 2.26. The summed E-state index contributed by atoms with van der Waals surface area (Å²) >= 11 is 0. The van der Waals surface area contributed by atoms with E-state index < -0.39 is 5.60 Å². The molecule has 0 aromatic carbocycles. The topological polar surface area (TPSA) is 38.8 Å². The van der Waals surface area contributed by atoms with Gasteiger partial charge in [0.05, 0.1) is 12.1 Å². The van der Waals surface area contributed by atoms with E-state index in [1.165, 1.54) is 0 Å². The number of rotatable bonds is 3. The lowest BCUT2D eigenvalue weighted by Gasteiger charge is -2.40. The molecule has 0 N–H and O–H groups in total. The average Bonchev–Trinajstić information content (AvgIpc) is 2.24. The number of nitrogens with zero attached hydrogens (tertiary/aromatic N) is 1. The van der Waals surface area contributed by atoms with Crippen LogP contribution in [0.4, 0.5) is 4.79 Å². The number of carbonyl (C=O) groups excluding carboxylic acids is 1. The van der Waals surface area contributed by atoms with Gasteiger partial charge < -0.3 is 14.4 Å². The van der Waals surface area contributed by atoms with Gasteiger partial charge in [-0.15, -0.1) is 0 Å². The third-order valence-electron chi connectivity index (χ3n) is 2.97. The fourth-order valence-corrected chi connectivity index (χ4v) is 2.15. The first-order chi connectivity index (χ1) is 8.26. The molecule has 1 saturated heterocycles. The van der Waals surface area contributed by atoms with Crippen molar-refractivity contribution in [2.75, 3.05) is 19.7 Å². The minimum Gasteiger partial charge on any atom is -0.444 e. The Morgan fingerprint density at radius 1 is 1.39 bits per heavy atom. The van der Waals surface area contributed by atoms with Crippen molar-refractivity contribution < 1.29 is 14.3 Å². The fraction of sp³-hybridized carbons (Fsp3) is 0.929. The van der Waals surface area contributed by atoms with Crippen LogP contribution in [0.2, 0.25) is 0 Å². The molecule has 106 valence electrons. The van der Waals surface area contributed by atoms with Gasteiger partial charge in [-0.25, -0.2) is 4.79 Å². The van der Waals surface area contributed by atoms with Crippen LogP contribution >= 0.6 is 0 Å². The number of ether oxygens (including phenoxy) is 2.